The largest absolute Gasteiger partial charge is 0.493 e. The first kappa shape index (κ1) is 18.5. The standard InChI is InChI=1S/C22H19FO4/c1-25-21-11-4-17(15-24)14-22(21)26-13-12-16-2-7-19(8-3-16)27-20-9-5-18(23)6-10-20/h2-11,14-15H,12-13H2,1H3. The predicted octanol–water partition coefficient (Wildman–Crippen LogP) is 5.06. The van der Waals surface area contributed by atoms with Gasteiger partial charge < -0.3 is 14.2 Å². The van der Waals surface area contributed by atoms with E-state index in [2.05, 4.69) is 0 Å². The Morgan fingerprint density at radius 2 is 1.56 bits per heavy atom. The Hall–Kier alpha value is -3.34. The van der Waals surface area contributed by atoms with Crippen LogP contribution < -0.4 is 14.2 Å². The Kier molecular flexibility index (Phi) is 6.05. The molecule has 0 radical (unpaired) electrons. The maximum atomic E-state index is 12.9. The van der Waals surface area contributed by atoms with Crippen LogP contribution in [-0.4, -0.2) is 20.0 Å². The van der Waals surface area contributed by atoms with Crippen LogP contribution in [0.2, 0.25) is 0 Å². The summed E-state index contributed by atoms with van der Waals surface area (Å²) in [6, 6.07) is 18.5. The average molecular weight is 366 g/mol. The average Bonchev–Trinajstić information content (AvgIpc) is 2.71. The molecule has 0 aromatic heterocycles. The van der Waals surface area contributed by atoms with Gasteiger partial charge in [-0.3, -0.25) is 4.79 Å². The van der Waals surface area contributed by atoms with E-state index >= 15 is 0 Å². The number of carbonyl (C=O) groups is 1. The molecular weight excluding hydrogens is 347 g/mol. The molecule has 0 aliphatic heterocycles. The van der Waals surface area contributed by atoms with Crippen molar-refractivity contribution in [3.63, 3.8) is 0 Å². The minimum atomic E-state index is -0.298. The molecule has 0 N–H and O–H groups in total. The highest BCUT2D eigenvalue weighted by Gasteiger charge is 2.06. The molecule has 0 fully saturated rings. The molecule has 3 aromatic rings. The van der Waals surface area contributed by atoms with Gasteiger partial charge in [-0.2, -0.15) is 0 Å². The van der Waals surface area contributed by atoms with Crippen LogP contribution in [0.4, 0.5) is 4.39 Å². The molecule has 0 saturated carbocycles. The van der Waals surface area contributed by atoms with Crippen molar-refractivity contribution in [1.29, 1.82) is 0 Å². The fourth-order valence-electron chi connectivity index (χ4n) is 2.52. The lowest BCUT2D eigenvalue weighted by atomic mass is 10.1. The van der Waals surface area contributed by atoms with Crippen molar-refractivity contribution in [1.82, 2.24) is 0 Å². The van der Waals surface area contributed by atoms with Crippen molar-refractivity contribution in [2.45, 2.75) is 6.42 Å². The van der Waals surface area contributed by atoms with Crippen LogP contribution in [0.15, 0.2) is 66.7 Å². The van der Waals surface area contributed by atoms with E-state index in [9.17, 15) is 9.18 Å². The normalized spacial score (nSPS) is 10.3. The molecule has 0 amide bonds. The zero-order valence-corrected chi connectivity index (χ0v) is 14.9. The quantitative estimate of drug-likeness (QED) is 0.523. The Bertz CT molecular complexity index is 889. The molecule has 0 aliphatic carbocycles. The number of methoxy groups -OCH3 is 1. The summed E-state index contributed by atoms with van der Waals surface area (Å²) in [5.74, 6) is 2.08. The first-order valence-electron chi connectivity index (χ1n) is 8.46. The van der Waals surface area contributed by atoms with Crippen LogP contribution in [0.3, 0.4) is 0 Å². The van der Waals surface area contributed by atoms with E-state index in [0.717, 1.165) is 11.8 Å². The van der Waals surface area contributed by atoms with Crippen molar-refractivity contribution in [3.8, 4) is 23.0 Å². The highest BCUT2D eigenvalue weighted by atomic mass is 19.1. The van der Waals surface area contributed by atoms with Gasteiger partial charge in [-0.1, -0.05) is 12.1 Å². The molecule has 0 aliphatic rings. The smallest absolute Gasteiger partial charge is 0.161 e. The summed E-state index contributed by atoms with van der Waals surface area (Å²) < 4.78 is 29.6. The van der Waals surface area contributed by atoms with Crippen LogP contribution in [0.1, 0.15) is 15.9 Å². The second-order valence-corrected chi connectivity index (χ2v) is 5.83. The van der Waals surface area contributed by atoms with Crippen LogP contribution >= 0.6 is 0 Å². The number of aldehydes is 1. The summed E-state index contributed by atoms with van der Waals surface area (Å²) >= 11 is 0. The SMILES string of the molecule is COc1ccc(C=O)cc1OCCc1ccc(Oc2ccc(F)cc2)cc1. The van der Waals surface area contributed by atoms with Crippen molar-refractivity contribution in [2.75, 3.05) is 13.7 Å². The van der Waals surface area contributed by atoms with Crippen LogP contribution in [0.5, 0.6) is 23.0 Å². The lowest BCUT2D eigenvalue weighted by molar-refractivity contribution is 0.112. The van der Waals surface area contributed by atoms with Gasteiger partial charge in [0.1, 0.15) is 23.6 Å². The van der Waals surface area contributed by atoms with Crippen molar-refractivity contribution in [3.05, 3.63) is 83.7 Å². The van der Waals surface area contributed by atoms with Gasteiger partial charge in [-0.25, -0.2) is 4.39 Å². The summed E-state index contributed by atoms with van der Waals surface area (Å²) in [5.41, 5.74) is 1.61. The third-order valence-electron chi connectivity index (χ3n) is 3.94. The number of hydrogen-bond acceptors (Lipinski definition) is 4. The molecule has 5 heteroatoms. The Balaban J connectivity index is 1.56. The number of hydrogen-bond donors (Lipinski definition) is 0. The van der Waals surface area contributed by atoms with Gasteiger partial charge in [0, 0.05) is 12.0 Å². The van der Waals surface area contributed by atoms with E-state index in [4.69, 9.17) is 14.2 Å². The molecule has 4 nitrogen and oxygen atoms in total. The zero-order chi connectivity index (χ0) is 19.1. The minimum absolute atomic E-state index is 0.298. The van der Waals surface area contributed by atoms with E-state index in [1.54, 1.807) is 37.4 Å². The van der Waals surface area contributed by atoms with E-state index < -0.39 is 0 Å². The molecular formula is C22H19FO4. The Morgan fingerprint density at radius 1 is 0.889 bits per heavy atom. The molecule has 138 valence electrons. The lowest BCUT2D eigenvalue weighted by Crippen LogP contribution is -2.03. The van der Waals surface area contributed by atoms with Gasteiger partial charge in [0.2, 0.25) is 0 Å². The monoisotopic (exact) mass is 366 g/mol. The molecule has 0 heterocycles. The first-order chi connectivity index (χ1) is 13.2. The third kappa shape index (κ3) is 5.07. The van der Waals surface area contributed by atoms with Crippen LogP contribution in [0, 0.1) is 5.82 Å². The minimum Gasteiger partial charge on any atom is -0.493 e. The second kappa shape index (κ2) is 8.85. The van der Waals surface area contributed by atoms with Crippen molar-refractivity contribution in [2.24, 2.45) is 0 Å². The van der Waals surface area contributed by atoms with Crippen LogP contribution in [-0.2, 0) is 6.42 Å². The summed E-state index contributed by atoms with van der Waals surface area (Å²) in [4.78, 5) is 10.9. The maximum Gasteiger partial charge on any atom is 0.161 e. The number of ether oxygens (including phenoxy) is 3. The van der Waals surface area contributed by atoms with Crippen molar-refractivity contribution >= 4 is 6.29 Å². The summed E-state index contributed by atoms with van der Waals surface area (Å²) in [6.45, 7) is 0.441. The van der Waals surface area contributed by atoms with E-state index in [-0.39, 0.29) is 5.82 Å². The van der Waals surface area contributed by atoms with Gasteiger partial charge >= 0.3 is 0 Å². The van der Waals surface area contributed by atoms with Crippen LogP contribution in [0.25, 0.3) is 0 Å². The summed E-state index contributed by atoms with van der Waals surface area (Å²) in [7, 11) is 1.56. The Morgan fingerprint density at radius 3 is 2.19 bits per heavy atom. The summed E-state index contributed by atoms with van der Waals surface area (Å²) in [6.07, 6.45) is 1.46. The molecule has 3 rings (SSSR count). The van der Waals surface area contributed by atoms with E-state index in [1.807, 2.05) is 24.3 Å². The van der Waals surface area contributed by atoms with Gasteiger partial charge in [0.15, 0.2) is 11.5 Å². The molecule has 0 spiro atoms. The number of halogens is 1. The number of carbonyl (C=O) groups excluding carboxylic acids is 1. The molecule has 27 heavy (non-hydrogen) atoms. The second-order valence-electron chi connectivity index (χ2n) is 5.83. The molecule has 0 bridgehead atoms. The maximum absolute atomic E-state index is 12.9. The highest BCUT2D eigenvalue weighted by molar-refractivity contribution is 5.76. The number of benzene rings is 3. The Labute approximate surface area is 157 Å². The van der Waals surface area contributed by atoms with E-state index in [1.165, 1.54) is 12.1 Å². The molecule has 0 unspecified atom stereocenters. The third-order valence-corrected chi connectivity index (χ3v) is 3.94. The van der Waals surface area contributed by atoms with Gasteiger partial charge in [0.05, 0.1) is 13.7 Å². The fraction of sp³-hybridized carbons (Fsp3) is 0.136. The zero-order valence-electron chi connectivity index (χ0n) is 14.9. The van der Waals surface area contributed by atoms with Gasteiger partial charge in [-0.05, 0) is 60.2 Å². The lowest BCUT2D eigenvalue weighted by Gasteiger charge is -2.11. The summed E-state index contributed by atoms with van der Waals surface area (Å²) in [5, 5.41) is 0. The number of rotatable bonds is 8. The predicted molar refractivity (Wildman–Crippen MR) is 100 cm³/mol. The fourth-order valence-corrected chi connectivity index (χ4v) is 2.52. The van der Waals surface area contributed by atoms with Gasteiger partial charge in [0.25, 0.3) is 0 Å². The van der Waals surface area contributed by atoms with Gasteiger partial charge in [-0.15, -0.1) is 0 Å². The van der Waals surface area contributed by atoms with Crippen molar-refractivity contribution < 1.29 is 23.4 Å². The molecule has 3 aromatic carbocycles. The molecule has 0 atom stereocenters. The highest BCUT2D eigenvalue weighted by Crippen LogP contribution is 2.28. The first-order valence-corrected chi connectivity index (χ1v) is 8.46. The topological polar surface area (TPSA) is 44.8 Å². The molecule has 0 saturated heterocycles. The van der Waals surface area contributed by atoms with E-state index in [0.29, 0.717) is 41.6 Å².